The minimum absolute atomic E-state index is 0. The molecule has 0 aromatic heterocycles. The summed E-state index contributed by atoms with van der Waals surface area (Å²) in [4.78, 5) is 0. The van der Waals surface area contributed by atoms with Gasteiger partial charge in [-0.15, -0.1) is 6.58 Å². The van der Waals surface area contributed by atoms with Crippen LogP contribution >= 0.6 is 15.9 Å². The fourth-order valence-corrected chi connectivity index (χ4v) is 0. The van der Waals surface area contributed by atoms with Gasteiger partial charge < -0.3 is 12.4 Å². The van der Waals surface area contributed by atoms with Gasteiger partial charge in [0.1, 0.15) is 0 Å². The number of alkyl halides is 1. The second-order valence-corrected chi connectivity index (χ2v) is 1.09. The molecule has 0 heterocycles. The maximum absolute atomic E-state index is 3.43. The topological polar surface area (TPSA) is 0 Å². The zero-order valence-electron chi connectivity index (χ0n) is 2.75. The van der Waals surface area contributed by atoms with E-state index in [0.717, 1.165) is 5.33 Å². The fourth-order valence-electron chi connectivity index (χ4n) is 0. The predicted octanol–water partition coefficient (Wildman–Crippen LogP) is -1.43. The van der Waals surface area contributed by atoms with Crippen LogP contribution < -0.4 is 12.4 Å². The van der Waals surface area contributed by atoms with Crippen molar-refractivity contribution in [3.63, 3.8) is 0 Å². The van der Waals surface area contributed by atoms with Gasteiger partial charge in [0.25, 0.3) is 0 Å². The molecule has 32 valence electrons. The van der Waals surface area contributed by atoms with Crippen LogP contribution in [0.15, 0.2) is 12.7 Å². The Morgan fingerprint density at radius 1 is 1.80 bits per heavy atom. The molecule has 0 fully saturated rings. The second-order valence-electron chi connectivity index (χ2n) is 0.443. The molecular weight excluding hydrogens is 151 g/mol. The predicted molar refractivity (Wildman–Crippen MR) is 24.0 cm³/mol. The van der Waals surface area contributed by atoms with Crippen LogP contribution in [0.25, 0.3) is 0 Å². The van der Waals surface area contributed by atoms with E-state index in [-0.39, 0.29) is 12.4 Å². The van der Waals surface area contributed by atoms with Gasteiger partial charge in [0, 0.05) is 5.33 Å². The van der Waals surface area contributed by atoms with Gasteiger partial charge in [-0.1, -0.05) is 22.0 Å². The Labute approximate surface area is 46.8 Å². The normalized spacial score (nSPS) is 5.00. The van der Waals surface area contributed by atoms with Crippen LogP contribution in [0.2, 0.25) is 0 Å². The van der Waals surface area contributed by atoms with E-state index < -0.39 is 0 Å². The molecule has 0 aliphatic rings. The summed E-state index contributed by atoms with van der Waals surface area (Å²) in [6.07, 6.45) is 1.79. The summed E-state index contributed by atoms with van der Waals surface area (Å²) < 4.78 is 0. The summed E-state index contributed by atoms with van der Waals surface area (Å²) in [5.74, 6) is 0. The first-order chi connectivity index (χ1) is 1.91. The van der Waals surface area contributed by atoms with Crippen LogP contribution in [-0.4, -0.2) is 5.33 Å². The Balaban J connectivity index is 0. The molecule has 2 heteroatoms. The highest BCUT2D eigenvalue weighted by atomic mass is 79.9. The maximum atomic E-state index is 3.43. The highest BCUT2D eigenvalue weighted by Gasteiger charge is 1.47. The molecule has 0 saturated carbocycles. The lowest BCUT2D eigenvalue weighted by atomic mass is 10.8. The van der Waals surface area contributed by atoms with E-state index in [2.05, 4.69) is 22.5 Å². The third kappa shape index (κ3) is 12.5. The Morgan fingerprint density at radius 2 is 2.00 bits per heavy atom. The molecule has 0 aliphatic heterocycles. The molecule has 0 radical (unpaired) electrons. The fraction of sp³-hybridized carbons (Fsp3) is 0.333. The van der Waals surface area contributed by atoms with Crippen LogP contribution in [0, 0.1) is 0 Å². The van der Waals surface area contributed by atoms with Gasteiger partial charge in [0.05, 0.1) is 0 Å². The van der Waals surface area contributed by atoms with E-state index in [1.54, 1.807) is 6.08 Å². The van der Waals surface area contributed by atoms with Gasteiger partial charge >= 0.3 is 0 Å². The van der Waals surface area contributed by atoms with Crippen molar-refractivity contribution in [2.45, 2.75) is 0 Å². The van der Waals surface area contributed by atoms with E-state index in [0.29, 0.717) is 0 Å². The average molecular weight is 156 g/mol. The Hall–Kier alpha value is 0.510. The van der Waals surface area contributed by atoms with Gasteiger partial charge in [0.2, 0.25) is 0 Å². The third-order valence-electron chi connectivity index (χ3n) is 0.109. The minimum Gasteiger partial charge on any atom is -1.00 e. The van der Waals surface area contributed by atoms with Gasteiger partial charge in [-0.25, -0.2) is 0 Å². The summed E-state index contributed by atoms with van der Waals surface area (Å²) in [6.45, 7) is 3.43. The van der Waals surface area contributed by atoms with Gasteiger partial charge in [-0.2, -0.15) is 0 Å². The molecule has 0 amide bonds. The highest BCUT2D eigenvalue weighted by Crippen LogP contribution is 1.73. The van der Waals surface area contributed by atoms with Crippen LogP contribution in [0.5, 0.6) is 0 Å². The zero-order chi connectivity index (χ0) is 3.41. The van der Waals surface area contributed by atoms with Crippen molar-refractivity contribution in [1.82, 2.24) is 0 Å². The summed E-state index contributed by atoms with van der Waals surface area (Å²) >= 11 is 3.13. The third-order valence-corrected chi connectivity index (χ3v) is 0.567. The highest BCUT2D eigenvalue weighted by molar-refractivity contribution is 9.09. The smallest absolute Gasteiger partial charge is 0.0209 e. The molecule has 0 aromatic rings. The minimum atomic E-state index is 0. The molecule has 0 saturated heterocycles. The summed E-state index contributed by atoms with van der Waals surface area (Å²) in [5.41, 5.74) is 0. The molecule has 0 spiro atoms. The number of hydrogen-bond donors (Lipinski definition) is 0. The molecule has 0 rings (SSSR count). The molecule has 0 unspecified atom stereocenters. The average Bonchev–Trinajstić information content (AvgIpc) is 1.37. The maximum Gasteiger partial charge on any atom is 0.0209 e. The summed E-state index contributed by atoms with van der Waals surface area (Å²) in [5, 5.41) is 0.896. The Kier molecular flexibility index (Phi) is 16.0. The van der Waals surface area contributed by atoms with Crippen LogP contribution in [0.3, 0.4) is 0 Å². The first kappa shape index (κ1) is 9.10. The van der Waals surface area contributed by atoms with Crippen molar-refractivity contribution < 1.29 is 12.4 Å². The molecule has 5 heavy (non-hydrogen) atoms. The number of rotatable bonds is 1. The van der Waals surface area contributed by atoms with E-state index in [1.807, 2.05) is 0 Å². The van der Waals surface area contributed by atoms with Crippen LogP contribution in [-0.2, 0) is 0 Å². The van der Waals surface area contributed by atoms with Crippen molar-refractivity contribution in [1.29, 1.82) is 0 Å². The molecular formula is C3H5BrCl-. The first-order valence-corrected chi connectivity index (χ1v) is 2.21. The van der Waals surface area contributed by atoms with E-state index in [9.17, 15) is 0 Å². The van der Waals surface area contributed by atoms with Crippen LogP contribution in [0.1, 0.15) is 0 Å². The van der Waals surface area contributed by atoms with E-state index >= 15 is 0 Å². The Bertz CT molecular complexity index is 20.9. The lowest BCUT2D eigenvalue weighted by Gasteiger charge is -1.55. The van der Waals surface area contributed by atoms with Crippen LogP contribution in [0.4, 0.5) is 0 Å². The van der Waals surface area contributed by atoms with Crippen molar-refractivity contribution >= 4 is 15.9 Å². The van der Waals surface area contributed by atoms with Crippen molar-refractivity contribution in [2.75, 3.05) is 5.33 Å². The number of allylic oxidation sites excluding steroid dienone is 1. The monoisotopic (exact) mass is 155 g/mol. The zero-order valence-corrected chi connectivity index (χ0v) is 5.09. The van der Waals surface area contributed by atoms with Crippen molar-refractivity contribution in [3.8, 4) is 0 Å². The lowest BCUT2D eigenvalue weighted by Crippen LogP contribution is -3.00. The van der Waals surface area contributed by atoms with Gasteiger partial charge in [-0.05, 0) is 0 Å². The molecule has 0 nitrogen and oxygen atoms in total. The molecule has 0 aromatic carbocycles. The van der Waals surface area contributed by atoms with Crippen molar-refractivity contribution in [3.05, 3.63) is 12.7 Å². The molecule has 0 aliphatic carbocycles. The summed E-state index contributed by atoms with van der Waals surface area (Å²) in [6, 6.07) is 0. The van der Waals surface area contributed by atoms with E-state index in [1.165, 1.54) is 0 Å². The summed E-state index contributed by atoms with van der Waals surface area (Å²) in [7, 11) is 0. The molecule has 0 N–H and O–H groups in total. The molecule has 0 atom stereocenters. The Morgan fingerprint density at radius 3 is 2.00 bits per heavy atom. The quantitative estimate of drug-likeness (QED) is 0.323. The number of hydrogen-bond acceptors (Lipinski definition) is 0. The number of halogens is 2. The SMILES string of the molecule is C=CCBr.[Cl-]. The van der Waals surface area contributed by atoms with E-state index in [4.69, 9.17) is 0 Å². The van der Waals surface area contributed by atoms with Gasteiger partial charge in [-0.3, -0.25) is 0 Å². The second kappa shape index (κ2) is 8.82. The van der Waals surface area contributed by atoms with Crippen molar-refractivity contribution in [2.24, 2.45) is 0 Å². The lowest BCUT2D eigenvalue weighted by molar-refractivity contribution is -0.000000767. The first-order valence-electron chi connectivity index (χ1n) is 1.08. The largest absolute Gasteiger partial charge is 1.00 e. The van der Waals surface area contributed by atoms with Gasteiger partial charge in [0.15, 0.2) is 0 Å². The standard InChI is InChI=1S/C3H5Br.ClH/c1-2-3-4;/h2H,1,3H2;1H/p-1. The molecule has 0 bridgehead atoms.